The number of carbonyl (C=O) groups is 1. The number of aryl methyl sites for hydroxylation is 2. The minimum Gasteiger partial charge on any atom is -0.373 e. The Morgan fingerprint density at radius 3 is 2.83 bits per heavy atom. The molecule has 3 aromatic rings. The van der Waals surface area contributed by atoms with Gasteiger partial charge in [0.25, 0.3) is 11.5 Å². The number of nitrogens with zero attached hydrogens (tertiary/aromatic N) is 1. The van der Waals surface area contributed by atoms with Crippen LogP contribution in [0.2, 0.25) is 0 Å². The van der Waals surface area contributed by atoms with E-state index in [1.54, 1.807) is 18.0 Å². The van der Waals surface area contributed by atoms with Crippen LogP contribution in [0.4, 0.5) is 4.39 Å². The monoisotopic (exact) mass is 392 g/mol. The largest absolute Gasteiger partial charge is 0.373 e. The van der Waals surface area contributed by atoms with Crippen LogP contribution < -0.4 is 5.56 Å². The molecular formula is C23H21FN2O3. The maximum Gasteiger partial charge on any atom is 0.256 e. The Hall–Kier alpha value is -2.99. The second-order valence-corrected chi connectivity index (χ2v) is 7.82. The van der Waals surface area contributed by atoms with Crippen molar-refractivity contribution in [2.24, 2.45) is 0 Å². The minimum atomic E-state index is -0.464. The summed E-state index contributed by atoms with van der Waals surface area (Å²) in [4.78, 5) is 30.1. The number of hydrogen-bond donors (Lipinski definition) is 1. The van der Waals surface area contributed by atoms with Crippen molar-refractivity contribution in [1.29, 1.82) is 0 Å². The Labute approximate surface area is 167 Å². The molecule has 1 aliphatic heterocycles. The van der Waals surface area contributed by atoms with Crippen molar-refractivity contribution in [1.82, 2.24) is 9.88 Å². The number of likely N-dealkylation sites (N-methyl/N-ethyl adjacent to an activating group) is 1. The average molecular weight is 392 g/mol. The van der Waals surface area contributed by atoms with E-state index in [0.29, 0.717) is 23.3 Å². The molecule has 0 saturated carbocycles. The fourth-order valence-corrected chi connectivity index (χ4v) is 4.58. The lowest BCUT2D eigenvalue weighted by atomic mass is 9.95. The van der Waals surface area contributed by atoms with Crippen molar-refractivity contribution in [2.45, 2.75) is 31.9 Å². The number of pyridine rings is 1. The highest BCUT2D eigenvalue weighted by molar-refractivity contribution is 5.95. The van der Waals surface area contributed by atoms with Crippen LogP contribution in [0, 0.1) is 5.82 Å². The summed E-state index contributed by atoms with van der Waals surface area (Å²) < 4.78 is 19.4. The van der Waals surface area contributed by atoms with Gasteiger partial charge < -0.3 is 14.6 Å². The number of amides is 1. The van der Waals surface area contributed by atoms with E-state index < -0.39 is 5.82 Å². The first kappa shape index (κ1) is 18.1. The first-order valence-corrected chi connectivity index (χ1v) is 9.84. The number of aromatic nitrogens is 1. The van der Waals surface area contributed by atoms with Gasteiger partial charge in [-0.1, -0.05) is 12.1 Å². The highest BCUT2D eigenvalue weighted by atomic mass is 19.1. The molecule has 1 amide bonds. The van der Waals surface area contributed by atoms with E-state index >= 15 is 0 Å². The fourth-order valence-electron chi connectivity index (χ4n) is 4.58. The zero-order valence-electron chi connectivity index (χ0n) is 16.1. The third-order valence-corrected chi connectivity index (χ3v) is 6.09. The normalized spacial score (nSPS) is 17.8. The molecule has 1 atom stereocenters. The van der Waals surface area contributed by atoms with Crippen LogP contribution >= 0.6 is 0 Å². The molecule has 5 rings (SSSR count). The highest BCUT2D eigenvalue weighted by Gasteiger charge is 2.31. The van der Waals surface area contributed by atoms with Gasteiger partial charge in [0.2, 0.25) is 0 Å². The summed E-state index contributed by atoms with van der Waals surface area (Å²) in [6.45, 7) is 0.577. The van der Waals surface area contributed by atoms with Crippen molar-refractivity contribution >= 4 is 16.7 Å². The summed E-state index contributed by atoms with van der Waals surface area (Å²) in [6, 6.07) is 9.75. The number of aromatic amines is 1. The summed E-state index contributed by atoms with van der Waals surface area (Å²) in [7, 11) is 1.75. The van der Waals surface area contributed by atoms with Crippen LogP contribution in [0.1, 0.15) is 45.2 Å². The van der Waals surface area contributed by atoms with E-state index in [-0.39, 0.29) is 29.5 Å². The van der Waals surface area contributed by atoms with Crippen molar-refractivity contribution in [2.75, 3.05) is 13.7 Å². The summed E-state index contributed by atoms with van der Waals surface area (Å²) in [5.41, 5.74) is 4.33. The Morgan fingerprint density at radius 2 is 1.97 bits per heavy atom. The van der Waals surface area contributed by atoms with Crippen molar-refractivity contribution in [3.63, 3.8) is 0 Å². The van der Waals surface area contributed by atoms with Gasteiger partial charge in [-0.15, -0.1) is 0 Å². The van der Waals surface area contributed by atoms with Gasteiger partial charge in [0.15, 0.2) is 0 Å². The van der Waals surface area contributed by atoms with Crippen molar-refractivity contribution in [3.05, 3.63) is 80.5 Å². The predicted molar refractivity (Wildman–Crippen MR) is 107 cm³/mol. The Balaban J connectivity index is 1.58. The molecule has 0 saturated heterocycles. The van der Waals surface area contributed by atoms with Crippen LogP contribution in [0.3, 0.4) is 0 Å². The minimum absolute atomic E-state index is 0.0948. The third kappa shape index (κ3) is 2.95. The number of carbonyl (C=O) groups excluding carboxylic acids is 1. The zero-order valence-corrected chi connectivity index (χ0v) is 16.1. The fraction of sp³-hybridized carbons (Fsp3) is 0.304. The quantitative estimate of drug-likeness (QED) is 0.726. The van der Waals surface area contributed by atoms with Gasteiger partial charge in [-0.25, -0.2) is 4.39 Å². The van der Waals surface area contributed by atoms with Crippen LogP contribution in [-0.2, 0) is 24.2 Å². The van der Waals surface area contributed by atoms with Crippen LogP contribution in [-0.4, -0.2) is 29.4 Å². The van der Waals surface area contributed by atoms with E-state index in [2.05, 4.69) is 4.98 Å². The Kier molecular flexibility index (Phi) is 4.24. The maximum absolute atomic E-state index is 13.7. The molecule has 0 spiro atoms. The van der Waals surface area contributed by atoms with Gasteiger partial charge in [0.05, 0.1) is 24.6 Å². The number of halogens is 1. The maximum atomic E-state index is 13.7. The number of ether oxygens (including phenoxy) is 1. The molecule has 0 unspecified atom stereocenters. The van der Waals surface area contributed by atoms with Gasteiger partial charge in [0, 0.05) is 23.9 Å². The van der Waals surface area contributed by atoms with Crippen LogP contribution in [0.25, 0.3) is 10.8 Å². The zero-order chi connectivity index (χ0) is 20.1. The SMILES string of the molecule is CN(C(=O)c1ccc2c(c1)CCC2)[C@@H]1COCc2[nH]c(=O)c3cc(F)ccc3c21. The molecule has 5 nitrogen and oxygen atoms in total. The van der Waals surface area contributed by atoms with Gasteiger partial charge in [-0.3, -0.25) is 9.59 Å². The molecule has 1 aliphatic carbocycles. The number of nitrogens with one attached hydrogen (secondary N) is 1. The molecule has 2 aromatic carbocycles. The average Bonchev–Trinajstić information content (AvgIpc) is 3.20. The van der Waals surface area contributed by atoms with Crippen molar-refractivity contribution in [3.8, 4) is 0 Å². The molecule has 1 aromatic heterocycles. The predicted octanol–water partition coefficient (Wildman–Crippen LogP) is 3.50. The summed E-state index contributed by atoms with van der Waals surface area (Å²) >= 11 is 0. The van der Waals surface area contributed by atoms with Crippen LogP contribution in [0.15, 0.2) is 41.2 Å². The molecule has 1 N–H and O–H groups in total. The lowest BCUT2D eigenvalue weighted by Crippen LogP contribution is -2.37. The molecule has 148 valence electrons. The van der Waals surface area contributed by atoms with Gasteiger partial charge in [-0.2, -0.15) is 0 Å². The third-order valence-electron chi connectivity index (χ3n) is 6.09. The lowest BCUT2D eigenvalue weighted by molar-refractivity contribution is 0.0335. The highest BCUT2D eigenvalue weighted by Crippen LogP contribution is 2.34. The van der Waals surface area contributed by atoms with Gasteiger partial charge in [-0.05, 0) is 60.0 Å². The number of hydrogen-bond acceptors (Lipinski definition) is 3. The summed E-state index contributed by atoms with van der Waals surface area (Å²) in [5, 5.41) is 0.945. The number of benzene rings is 2. The molecule has 0 bridgehead atoms. The van der Waals surface area contributed by atoms with Gasteiger partial charge in [0.1, 0.15) is 5.82 Å². The van der Waals surface area contributed by atoms with E-state index in [9.17, 15) is 14.0 Å². The molecular weight excluding hydrogens is 371 g/mol. The van der Waals surface area contributed by atoms with E-state index in [1.165, 1.54) is 23.3 Å². The Bertz CT molecular complexity index is 1200. The number of H-pyrrole nitrogens is 1. The summed E-state index contributed by atoms with van der Waals surface area (Å²) in [6.07, 6.45) is 3.20. The summed E-state index contributed by atoms with van der Waals surface area (Å²) in [5.74, 6) is -0.559. The molecule has 2 heterocycles. The molecule has 0 radical (unpaired) electrons. The number of fused-ring (bicyclic) bond motifs is 4. The number of rotatable bonds is 2. The van der Waals surface area contributed by atoms with E-state index in [1.807, 2.05) is 18.2 Å². The molecule has 2 aliphatic rings. The lowest BCUT2D eigenvalue weighted by Gasteiger charge is -2.34. The standard InChI is InChI=1S/C23H21FN2O3/c1-26(23(28)15-6-5-13-3-2-4-14(13)9-15)20-12-29-11-19-21(20)17-8-7-16(24)10-18(17)22(27)25-19/h5-10,20H,2-4,11-12H2,1H3,(H,25,27)/t20-/m1/s1. The first-order valence-electron chi connectivity index (χ1n) is 9.84. The van der Waals surface area contributed by atoms with Gasteiger partial charge >= 0.3 is 0 Å². The van der Waals surface area contributed by atoms with E-state index in [4.69, 9.17) is 4.74 Å². The second-order valence-electron chi connectivity index (χ2n) is 7.82. The topological polar surface area (TPSA) is 62.4 Å². The van der Waals surface area contributed by atoms with Crippen LogP contribution in [0.5, 0.6) is 0 Å². The Morgan fingerprint density at radius 1 is 1.14 bits per heavy atom. The van der Waals surface area contributed by atoms with Crippen molar-refractivity contribution < 1.29 is 13.9 Å². The molecule has 0 fully saturated rings. The molecule has 6 heteroatoms. The molecule has 29 heavy (non-hydrogen) atoms. The first-order chi connectivity index (χ1) is 14.0. The smallest absolute Gasteiger partial charge is 0.256 e. The second kappa shape index (κ2) is 6.81. The van der Waals surface area contributed by atoms with E-state index in [0.717, 1.165) is 24.8 Å².